The number of para-hydroxylation sites is 1. The van der Waals surface area contributed by atoms with Crippen molar-refractivity contribution in [1.29, 1.82) is 0 Å². The summed E-state index contributed by atoms with van der Waals surface area (Å²) in [5.74, 6) is 0.920. The van der Waals surface area contributed by atoms with E-state index < -0.39 is 0 Å². The van der Waals surface area contributed by atoms with E-state index in [2.05, 4.69) is 86.8 Å². The molecule has 0 spiro atoms. The third kappa shape index (κ3) is 6.60. The number of rotatable bonds is 9. The summed E-state index contributed by atoms with van der Waals surface area (Å²) in [6.07, 6.45) is 5.27. The van der Waals surface area contributed by atoms with E-state index in [1.54, 1.807) is 0 Å². The number of aliphatic imine (C=N–C) groups is 1. The second-order valence-corrected chi connectivity index (χ2v) is 7.13. The van der Waals surface area contributed by atoms with Crippen LogP contribution in [0, 0.1) is 0 Å². The molecule has 0 atom stereocenters. The summed E-state index contributed by atoms with van der Waals surface area (Å²) in [5.41, 5.74) is 1.34. The van der Waals surface area contributed by atoms with Gasteiger partial charge in [-0.25, -0.2) is 0 Å². The number of guanidine groups is 1. The lowest BCUT2D eigenvalue weighted by atomic mass is 10.2. The molecular weight excluding hydrogens is 348 g/mol. The number of nitrogens with one attached hydrogen (secondary N) is 2. The molecule has 152 valence electrons. The molecule has 0 bridgehead atoms. The second kappa shape index (κ2) is 11.4. The molecule has 1 aromatic heterocycles. The Kier molecular flexibility index (Phi) is 8.25. The van der Waals surface area contributed by atoms with Crippen LogP contribution in [0.2, 0.25) is 0 Å². The third-order valence-corrected chi connectivity index (χ3v) is 5.07. The highest BCUT2D eigenvalue weighted by Gasteiger charge is 2.16. The minimum atomic E-state index is 0.859. The van der Waals surface area contributed by atoms with E-state index in [1.165, 1.54) is 5.69 Å². The van der Waals surface area contributed by atoms with Gasteiger partial charge in [-0.15, -0.1) is 0 Å². The van der Waals surface area contributed by atoms with Gasteiger partial charge in [0.15, 0.2) is 5.96 Å². The van der Waals surface area contributed by atoms with Crippen molar-refractivity contribution in [3.05, 3.63) is 54.9 Å². The molecule has 3 rings (SSSR count). The van der Waals surface area contributed by atoms with Crippen molar-refractivity contribution in [3.8, 4) is 0 Å². The topological polar surface area (TPSA) is 47.8 Å². The van der Waals surface area contributed by atoms with Crippen LogP contribution in [0.1, 0.15) is 13.3 Å². The largest absolute Gasteiger partial charge is 0.369 e. The van der Waals surface area contributed by atoms with Crippen molar-refractivity contribution in [2.75, 3.05) is 57.3 Å². The van der Waals surface area contributed by atoms with Gasteiger partial charge in [0.25, 0.3) is 0 Å². The van der Waals surface area contributed by atoms with Gasteiger partial charge in [0.1, 0.15) is 0 Å². The van der Waals surface area contributed by atoms with E-state index >= 15 is 0 Å². The highest BCUT2D eigenvalue weighted by molar-refractivity contribution is 5.79. The van der Waals surface area contributed by atoms with Gasteiger partial charge in [-0.05, 0) is 37.6 Å². The molecule has 2 heterocycles. The maximum absolute atomic E-state index is 4.73. The number of hydrogen-bond donors (Lipinski definition) is 2. The Morgan fingerprint density at radius 2 is 1.68 bits per heavy atom. The van der Waals surface area contributed by atoms with E-state index in [9.17, 15) is 0 Å². The Hall–Kier alpha value is -2.47. The first-order valence-corrected chi connectivity index (χ1v) is 10.5. The van der Waals surface area contributed by atoms with Crippen molar-refractivity contribution in [2.24, 2.45) is 4.99 Å². The minimum absolute atomic E-state index is 0.859. The van der Waals surface area contributed by atoms with E-state index in [0.29, 0.717) is 0 Å². The smallest absolute Gasteiger partial charge is 0.191 e. The van der Waals surface area contributed by atoms with Crippen LogP contribution in [-0.2, 0) is 6.54 Å². The summed E-state index contributed by atoms with van der Waals surface area (Å²) in [6.45, 7) is 11.3. The third-order valence-electron chi connectivity index (χ3n) is 5.07. The zero-order valence-electron chi connectivity index (χ0n) is 17.1. The number of benzene rings is 1. The fourth-order valence-electron chi connectivity index (χ4n) is 3.52. The predicted octanol–water partition coefficient (Wildman–Crippen LogP) is 2.26. The molecule has 0 amide bonds. The second-order valence-electron chi connectivity index (χ2n) is 7.13. The molecular formula is C22H34N6. The van der Waals surface area contributed by atoms with Gasteiger partial charge in [-0.2, -0.15) is 0 Å². The first kappa shape index (κ1) is 20.3. The predicted molar refractivity (Wildman–Crippen MR) is 118 cm³/mol. The van der Waals surface area contributed by atoms with Gasteiger partial charge in [-0.3, -0.25) is 9.89 Å². The number of aromatic nitrogens is 1. The van der Waals surface area contributed by atoms with Gasteiger partial charge in [0.2, 0.25) is 0 Å². The number of hydrogen-bond acceptors (Lipinski definition) is 3. The Morgan fingerprint density at radius 1 is 0.929 bits per heavy atom. The Bertz CT molecular complexity index is 674. The SMILES string of the molecule is CCNC(=NCCCN1CCN(c2ccccc2)CC1)NCCn1cccc1. The summed E-state index contributed by atoms with van der Waals surface area (Å²) in [5, 5.41) is 6.75. The molecule has 6 nitrogen and oxygen atoms in total. The van der Waals surface area contributed by atoms with Crippen LogP contribution in [0.3, 0.4) is 0 Å². The van der Waals surface area contributed by atoms with Crippen LogP contribution < -0.4 is 15.5 Å². The molecule has 0 radical (unpaired) electrons. The zero-order chi connectivity index (χ0) is 19.4. The number of anilines is 1. The van der Waals surface area contributed by atoms with Gasteiger partial charge < -0.3 is 20.1 Å². The standard InChI is InChI=1S/C22H34N6/c1-2-23-22(25-12-16-26-13-6-7-14-26)24-11-8-15-27-17-19-28(20-18-27)21-9-4-3-5-10-21/h3-7,9-10,13-14H,2,8,11-12,15-20H2,1H3,(H2,23,24,25). The fraction of sp³-hybridized carbons (Fsp3) is 0.500. The van der Waals surface area contributed by atoms with Crippen molar-refractivity contribution >= 4 is 11.6 Å². The Morgan fingerprint density at radius 3 is 2.39 bits per heavy atom. The van der Waals surface area contributed by atoms with E-state index in [0.717, 1.165) is 71.3 Å². The molecule has 1 aliphatic rings. The highest BCUT2D eigenvalue weighted by atomic mass is 15.3. The lowest BCUT2D eigenvalue weighted by Gasteiger charge is -2.36. The number of nitrogens with zero attached hydrogens (tertiary/aromatic N) is 4. The molecule has 2 N–H and O–H groups in total. The highest BCUT2D eigenvalue weighted by Crippen LogP contribution is 2.15. The molecule has 28 heavy (non-hydrogen) atoms. The van der Waals surface area contributed by atoms with Gasteiger partial charge >= 0.3 is 0 Å². The van der Waals surface area contributed by atoms with Crippen LogP contribution in [0.5, 0.6) is 0 Å². The van der Waals surface area contributed by atoms with E-state index in [4.69, 9.17) is 4.99 Å². The molecule has 0 unspecified atom stereocenters. The molecule has 0 saturated carbocycles. The maximum atomic E-state index is 4.73. The van der Waals surface area contributed by atoms with Gasteiger partial charge in [0.05, 0.1) is 0 Å². The Labute approximate surface area is 169 Å². The molecule has 1 fully saturated rings. The molecule has 2 aromatic rings. The average Bonchev–Trinajstić information content (AvgIpc) is 3.26. The fourth-order valence-corrected chi connectivity index (χ4v) is 3.52. The average molecular weight is 383 g/mol. The van der Waals surface area contributed by atoms with Gasteiger partial charge in [0, 0.05) is 77.0 Å². The lowest BCUT2D eigenvalue weighted by molar-refractivity contribution is 0.256. The first-order chi connectivity index (χ1) is 13.8. The first-order valence-electron chi connectivity index (χ1n) is 10.5. The molecule has 1 aromatic carbocycles. The van der Waals surface area contributed by atoms with E-state index in [-0.39, 0.29) is 0 Å². The number of piperazine rings is 1. The van der Waals surface area contributed by atoms with Crippen molar-refractivity contribution in [1.82, 2.24) is 20.1 Å². The van der Waals surface area contributed by atoms with Crippen LogP contribution in [0.15, 0.2) is 59.9 Å². The van der Waals surface area contributed by atoms with Crippen molar-refractivity contribution < 1.29 is 0 Å². The quantitative estimate of drug-likeness (QED) is 0.397. The summed E-state index contributed by atoms with van der Waals surface area (Å²) in [6, 6.07) is 14.8. The molecule has 6 heteroatoms. The van der Waals surface area contributed by atoms with E-state index in [1.807, 2.05) is 0 Å². The summed E-state index contributed by atoms with van der Waals surface area (Å²) >= 11 is 0. The van der Waals surface area contributed by atoms with Gasteiger partial charge in [-0.1, -0.05) is 18.2 Å². The monoisotopic (exact) mass is 382 g/mol. The lowest BCUT2D eigenvalue weighted by Crippen LogP contribution is -2.46. The Balaban J connectivity index is 1.32. The summed E-state index contributed by atoms with van der Waals surface area (Å²) < 4.78 is 2.17. The van der Waals surface area contributed by atoms with Crippen LogP contribution >= 0.6 is 0 Å². The molecule has 1 aliphatic heterocycles. The van der Waals surface area contributed by atoms with Crippen LogP contribution in [-0.4, -0.2) is 67.8 Å². The minimum Gasteiger partial charge on any atom is -0.369 e. The molecule has 1 saturated heterocycles. The van der Waals surface area contributed by atoms with Crippen LogP contribution in [0.25, 0.3) is 0 Å². The molecule has 0 aliphatic carbocycles. The summed E-state index contributed by atoms with van der Waals surface area (Å²) in [4.78, 5) is 9.76. The van der Waals surface area contributed by atoms with Crippen LogP contribution in [0.4, 0.5) is 5.69 Å². The summed E-state index contributed by atoms with van der Waals surface area (Å²) in [7, 11) is 0. The zero-order valence-corrected chi connectivity index (χ0v) is 17.1. The maximum Gasteiger partial charge on any atom is 0.191 e. The van der Waals surface area contributed by atoms with Crippen molar-refractivity contribution in [3.63, 3.8) is 0 Å². The van der Waals surface area contributed by atoms with Crippen molar-refractivity contribution in [2.45, 2.75) is 19.9 Å². The normalized spacial score (nSPS) is 15.6.